The van der Waals surface area contributed by atoms with Gasteiger partial charge in [-0.25, -0.2) is 8.42 Å². The van der Waals surface area contributed by atoms with Gasteiger partial charge < -0.3 is 0 Å². The van der Waals surface area contributed by atoms with E-state index in [1.54, 1.807) is 23.9 Å². The summed E-state index contributed by atoms with van der Waals surface area (Å²) in [5, 5.41) is 8.80. The van der Waals surface area contributed by atoms with Crippen molar-refractivity contribution in [2.45, 2.75) is 23.4 Å². The highest BCUT2D eigenvalue weighted by molar-refractivity contribution is 8.01. The Morgan fingerprint density at radius 1 is 1.32 bits per heavy atom. The van der Waals surface area contributed by atoms with Crippen LogP contribution in [-0.2, 0) is 15.8 Å². The molecule has 0 aliphatic carbocycles. The van der Waals surface area contributed by atoms with Crippen molar-refractivity contribution in [1.29, 1.82) is 0 Å². The zero-order chi connectivity index (χ0) is 16.2. The number of aromatic nitrogens is 2. The maximum Gasteiger partial charge on any atom is 0.238 e. The van der Waals surface area contributed by atoms with Gasteiger partial charge in [0.15, 0.2) is 4.34 Å². The lowest BCUT2D eigenvalue weighted by molar-refractivity contribution is 0.600. The standard InChI is InChI=1S/C12H13Cl2N3O2S3/c1-2-5-20-12-16-15-11(21-12)17-22(18,19)7-8-3-4-9(13)6-10(8)14/h3-4,6H,2,5,7H2,1H3,(H,15,17). The first-order chi connectivity index (χ1) is 10.4. The highest BCUT2D eigenvalue weighted by Crippen LogP contribution is 2.28. The molecule has 0 amide bonds. The van der Waals surface area contributed by atoms with E-state index >= 15 is 0 Å². The predicted octanol–water partition coefficient (Wildman–Crippen LogP) is 4.29. The van der Waals surface area contributed by atoms with Crippen molar-refractivity contribution in [2.24, 2.45) is 0 Å². The molecule has 22 heavy (non-hydrogen) atoms. The van der Waals surface area contributed by atoms with Crippen LogP contribution in [0.1, 0.15) is 18.9 Å². The minimum absolute atomic E-state index is 0.250. The lowest BCUT2D eigenvalue weighted by atomic mass is 10.2. The Balaban J connectivity index is 2.06. The van der Waals surface area contributed by atoms with Crippen molar-refractivity contribution in [3.8, 4) is 0 Å². The van der Waals surface area contributed by atoms with Crippen LogP contribution in [-0.4, -0.2) is 24.4 Å². The summed E-state index contributed by atoms with van der Waals surface area (Å²) in [6.45, 7) is 2.06. The maximum atomic E-state index is 12.2. The van der Waals surface area contributed by atoms with Crippen LogP contribution in [0.25, 0.3) is 0 Å². The third-order valence-corrected chi connectivity index (χ3v) is 6.53. The van der Waals surface area contributed by atoms with E-state index < -0.39 is 10.0 Å². The van der Waals surface area contributed by atoms with Gasteiger partial charge in [0, 0.05) is 15.8 Å². The second kappa shape index (κ2) is 7.83. The summed E-state index contributed by atoms with van der Waals surface area (Å²) >= 11 is 14.6. The summed E-state index contributed by atoms with van der Waals surface area (Å²) in [6, 6.07) is 4.70. The lowest BCUT2D eigenvalue weighted by Gasteiger charge is -2.06. The van der Waals surface area contributed by atoms with E-state index in [2.05, 4.69) is 21.8 Å². The molecule has 0 atom stereocenters. The van der Waals surface area contributed by atoms with Crippen molar-refractivity contribution < 1.29 is 8.42 Å². The molecule has 0 spiro atoms. The van der Waals surface area contributed by atoms with Crippen LogP contribution in [0.15, 0.2) is 22.5 Å². The van der Waals surface area contributed by atoms with Crippen LogP contribution in [0.5, 0.6) is 0 Å². The van der Waals surface area contributed by atoms with E-state index in [1.807, 2.05) is 0 Å². The van der Waals surface area contributed by atoms with Gasteiger partial charge in [0.1, 0.15) is 0 Å². The molecule has 0 aliphatic heterocycles. The zero-order valence-corrected chi connectivity index (χ0v) is 15.5. The minimum atomic E-state index is -3.61. The number of halogens is 2. The molecule has 5 nitrogen and oxygen atoms in total. The SMILES string of the molecule is CCCSc1nnc(NS(=O)(=O)Cc2ccc(Cl)cc2Cl)s1. The number of hydrogen-bond acceptors (Lipinski definition) is 6. The van der Waals surface area contributed by atoms with E-state index in [-0.39, 0.29) is 10.9 Å². The Bertz CT molecular complexity index is 750. The van der Waals surface area contributed by atoms with Crippen LogP contribution < -0.4 is 4.72 Å². The number of rotatable bonds is 7. The Kier molecular flexibility index (Phi) is 6.34. The van der Waals surface area contributed by atoms with E-state index in [0.29, 0.717) is 15.6 Å². The fourth-order valence-electron chi connectivity index (χ4n) is 1.51. The number of hydrogen-bond donors (Lipinski definition) is 1. The average Bonchev–Trinajstić information content (AvgIpc) is 2.86. The second-order valence-electron chi connectivity index (χ2n) is 4.32. The summed E-state index contributed by atoms with van der Waals surface area (Å²) in [6.07, 6.45) is 1.01. The summed E-state index contributed by atoms with van der Waals surface area (Å²) < 4.78 is 27.5. The molecule has 0 radical (unpaired) electrons. The van der Waals surface area contributed by atoms with Crippen molar-refractivity contribution in [3.63, 3.8) is 0 Å². The molecule has 0 aliphatic rings. The van der Waals surface area contributed by atoms with Gasteiger partial charge in [-0.2, -0.15) is 0 Å². The number of anilines is 1. The zero-order valence-electron chi connectivity index (χ0n) is 11.5. The molecule has 0 saturated carbocycles. The predicted molar refractivity (Wildman–Crippen MR) is 93.6 cm³/mol. The topological polar surface area (TPSA) is 72.0 Å². The summed E-state index contributed by atoms with van der Waals surface area (Å²) in [7, 11) is -3.61. The molecule has 10 heteroatoms. The van der Waals surface area contributed by atoms with Gasteiger partial charge in [0.2, 0.25) is 15.2 Å². The maximum absolute atomic E-state index is 12.2. The van der Waals surface area contributed by atoms with Crippen LogP contribution in [0.4, 0.5) is 5.13 Å². The fourth-order valence-corrected chi connectivity index (χ4v) is 5.18. The number of nitrogens with one attached hydrogen (secondary N) is 1. The molecule has 1 aromatic carbocycles. The van der Waals surface area contributed by atoms with Gasteiger partial charge in [-0.15, -0.1) is 10.2 Å². The first-order valence-electron chi connectivity index (χ1n) is 6.30. The van der Waals surface area contributed by atoms with Crippen LogP contribution in [0.3, 0.4) is 0 Å². The fraction of sp³-hybridized carbons (Fsp3) is 0.333. The van der Waals surface area contributed by atoms with E-state index in [1.165, 1.54) is 17.4 Å². The molecule has 0 fully saturated rings. The number of thioether (sulfide) groups is 1. The Hall–Kier alpha value is -0.540. The smallest absolute Gasteiger partial charge is 0.238 e. The van der Waals surface area contributed by atoms with Gasteiger partial charge in [-0.1, -0.05) is 59.3 Å². The van der Waals surface area contributed by atoms with E-state index in [9.17, 15) is 8.42 Å². The Morgan fingerprint density at radius 2 is 2.09 bits per heavy atom. The van der Waals surface area contributed by atoms with Gasteiger partial charge in [-0.3, -0.25) is 4.72 Å². The van der Waals surface area contributed by atoms with Gasteiger partial charge in [-0.05, 0) is 24.1 Å². The molecule has 0 bridgehead atoms. The summed E-state index contributed by atoms with van der Waals surface area (Å²) in [5.41, 5.74) is 0.476. The molecular formula is C12H13Cl2N3O2S3. The number of nitrogens with zero attached hydrogens (tertiary/aromatic N) is 2. The lowest BCUT2D eigenvalue weighted by Crippen LogP contribution is -2.15. The first-order valence-corrected chi connectivity index (χ1v) is 10.5. The molecule has 0 saturated heterocycles. The largest absolute Gasteiger partial charge is 0.257 e. The second-order valence-corrected chi connectivity index (χ2v) is 9.20. The number of benzene rings is 1. The Morgan fingerprint density at radius 3 is 2.77 bits per heavy atom. The normalized spacial score (nSPS) is 11.6. The highest BCUT2D eigenvalue weighted by Gasteiger charge is 2.17. The van der Waals surface area contributed by atoms with Gasteiger partial charge in [0.05, 0.1) is 5.75 Å². The molecule has 120 valence electrons. The third-order valence-electron chi connectivity index (χ3n) is 2.44. The first kappa shape index (κ1) is 17.8. The third kappa shape index (κ3) is 5.27. The quantitative estimate of drug-likeness (QED) is 0.705. The molecule has 2 rings (SSSR count). The summed E-state index contributed by atoms with van der Waals surface area (Å²) in [5.74, 6) is 0.668. The highest BCUT2D eigenvalue weighted by atomic mass is 35.5. The van der Waals surface area contributed by atoms with E-state index in [4.69, 9.17) is 23.2 Å². The molecule has 1 heterocycles. The monoisotopic (exact) mass is 397 g/mol. The molecule has 1 aromatic heterocycles. The van der Waals surface area contributed by atoms with E-state index in [0.717, 1.165) is 16.5 Å². The van der Waals surface area contributed by atoms with Crippen LogP contribution >= 0.6 is 46.3 Å². The summed E-state index contributed by atoms with van der Waals surface area (Å²) in [4.78, 5) is 0. The molecule has 2 aromatic rings. The minimum Gasteiger partial charge on any atom is -0.257 e. The Labute approximate surface area is 147 Å². The molecule has 0 unspecified atom stereocenters. The molecule has 1 N–H and O–H groups in total. The number of sulfonamides is 1. The van der Waals surface area contributed by atoms with Gasteiger partial charge in [0.25, 0.3) is 0 Å². The van der Waals surface area contributed by atoms with Crippen LogP contribution in [0, 0.1) is 0 Å². The van der Waals surface area contributed by atoms with Crippen molar-refractivity contribution in [1.82, 2.24) is 10.2 Å². The van der Waals surface area contributed by atoms with Crippen LogP contribution in [0.2, 0.25) is 10.0 Å². The van der Waals surface area contributed by atoms with Crippen molar-refractivity contribution >= 4 is 61.5 Å². The van der Waals surface area contributed by atoms with Crippen molar-refractivity contribution in [3.05, 3.63) is 33.8 Å². The van der Waals surface area contributed by atoms with Gasteiger partial charge >= 0.3 is 0 Å². The molecular weight excluding hydrogens is 385 g/mol. The van der Waals surface area contributed by atoms with Crippen molar-refractivity contribution in [2.75, 3.05) is 10.5 Å². The average molecular weight is 398 g/mol.